The standard InChI is InChI=1S/C21H28N4O2.HI/c1-3-22-20(26)18-10-8-9-17(15-18)16-25-21(23-4-2)24-13-14-27-19-11-6-5-7-12-19;/h5-12,15H,3-4,13-14,16H2,1-2H3,(H,22,26)(H2,23,24,25);1H. The number of ether oxygens (including phenoxy) is 1. The quantitative estimate of drug-likeness (QED) is 0.216. The molecular formula is C21H29IN4O2. The van der Waals surface area contributed by atoms with Gasteiger partial charge in [0, 0.05) is 18.7 Å². The third-order valence-electron chi connectivity index (χ3n) is 3.70. The molecule has 0 saturated heterocycles. The van der Waals surface area contributed by atoms with Crippen LogP contribution in [0.5, 0.6) is 5.75 Å². The Balaban J connectivity index is 0.00000392. The predicted molar refractivity (Wildman–Crippen MR) is 125 cm³/mol. The second-order valence-corrected chi connectivity index (χ2v) is 5.84. The number of rotatable bonds is 9. The van der Waals surface area contributed by atoms with Gasteiger partial charge in [-0.25, -0.2) is 4.99 Å². The fourth-order valence-electron chi connectivity index (χ4n) is 2.44. The molecule has 0 aromatic heterocycles. The number of hydrogen-bond donors (Lipinski definition) is 3. The molecule has 0 bridgehead atoms. The Morgan fingerprint density at radius 1 is 0.964 bits per heavy atom. The topological polar surface area (TPSA) is 74.8 Å². The van der Waals surface area contributed by atoms with Gasteiger partial charge >= 0.3 is 0 Å². The van der Waals surface area contributed by atoms with Gasteiger partial charge in [0.2, 0.25) is 0 Å². The highest BCUT2D eigenvalue weighted by Crippen LogP contribution is 2.08. The van der Waals surface area contributed by atoms with Gasteiger partial charge in [0.15, 0.2) is 5.96 Å². The van der Waals surface area contributed by atoms with Crippen molar-refractivity contribution in [3.05, 3.63) is 65.7 Å². The number of benzene rings is 2. The Kier molecular flexibility index (Phi) is 11.7. The van der Waals surface area contributed by atoms with Gasteiger partial charge in [-0.05, 0) is 43.7 Å². The molecule has 0 spiro atoms. The van der Waals surface area contributed by atoms with E-state index in [4.69, 9.17) is 4.74 Å². The summed E-state index contributed by atoms with van der Waals surface area (Å²) in [4.78, 5) is 16.5. The van der Waals surface area contributed by atoms with Crippen molar-refractivity contribution in [1.29, 1.82) is 0 Å². The average molecular weight is 496 g/mol. The number of carbonyl (C=O) groups excluding carboxylic acids is 1. The summed E-state index contributed by atoms with van der Waals surface area (Å²) in [6.07, 6.45) is 0. The van der Waals surface area contributed by atoms with Gasteiger partial charge in [-0.2, -0.15) is 0 Å². The minimum atomic E-state index is -0.0635. The van der Waals surface area contributed by atoms with Gasteiger partial charge in [-0.1, -0.05) is 30.3 Å². The molecule has 2 rings (SSSR count). The lowest BCUT2D eigenvalue weighted by Crippen LogP contribution is -2.39. The SMILES string of the molecule is CCNC(=O)c1cccc(CN=C(NCC)NCCOc2ccccc2)c1.I. The Morgan fingerprint density at radius 3 is 2.43 bits per heavy atom. The summed E-state index contributed by atoms with van der Waals surface area (Å²) < 4.78 is 5.67. The van der Waals surface area contributed by atoms with Crippen LogP contribution >= 0.6 is 24.0 Å². The van der Waals surface area contributed by atoms with E-state index in [2.05, 4.69) is 20.9 Å². The first-order chi connectivity index (χ1) is 13.2. The van der Waals surface area contributed by atoms with Crippen LogP contribution in [0.1, 0.15) is 29.8 Å². The van der Waals surface area contributed by atoms with Crippen LogP contribution in [-0.2, 0) is 6.54 Å². The highest BCUT2D eigenvalue weighted by atomic mass is 127. The third-order valence-corrected chi connectivity index (χ3v) is 3.70. The van der Waals surface area contributed by atoms with E-state index in [9.17, 15) is 4.79 Å². The van der Waals surface area contributed by atoms with Crippen molar-refractivity contribution < 1.29 is 9.53 Å². The van der Waals surface area contributed by atoms with E-state index >= 15 is 0 Å². The summed E-state index contributed by atoms with van der Waals surface area (Å²) in [5, 5.41) is 9.28. The van der Waals surface area contributed by atoms with Gasteiger partial charge in [-0.15, -0.1) is 24.0 Å². The summed E-state index contributed by atoms with van der Waals surface area (Å²) in [5.41, 5.74) is 1.63. The van der Waals surface area contributed by atoms with Crippen molar-refractivity contribution in [3.63, 3.8) is 0 Å². The van der Waals surface area contributed by atoms with Crippen molar-refractivity contribution in [2.75, 3.05) is 26.2 Å². The lowest BCUT2D eigenvalue weighted by atomic mass is 10.1. The van der Waals surface area contributed by atoms with Crippen LogP contribution < -0.4 is 20.7 Å². The van der Waals surface area contributed by atoms with Gasteiger partial charge in [0.05, 0.1) is 13.1 Å². The van der Waals surface area contributed by atoms with Gasteiger partial charge in [0.1, 0.15) is 12.4 Å². The van der Waals surface area contributed by atoms with Crippen molar-refractivity contribution in [2.45, 2.75) is 20.4 Å². The maximum absolute atomic E-state index is 11.9. The smallest absolute Gasteiger partial charge is 0.251 e. The van der Waals surface area contributed by atoms with Crippen LogP contribution in [0.25, 0.3) is 0 Å². The second-order valence-electron chi connectivity index (χ2n) is 5.84. The summed E-state index contributed by atoms with van der Waals surface area (Å²) in [6, 6.07) is 17.2. The number of aliphatic imine (C=N–C) groups is 1. The van der Waals surface area contributed by atoms with Crippen molar-refractivity contribution in [2.24, 2.45) is 4.99 Å². The zero-order valence-corrected chi connectivity index (χ0v) is 18.7. The first-order valence-electron chi connectivity index (χ1n) is 9.30. The van der Waals surface area contributed by atoms with Crippen LogP contribution in [0.15, 0.2) is 59.6 Å². The Bertz CT molecular complexity index is 738. The Labute approximate surface area is 184 Å². The fraction of sp³-hybridized carbons (Fsp3) is 0.333. The minimum Gasteiger partial charge on any atom is -0.492 e. The van der Waals surface area contributed by atoms with Gasteiger partial charge in [0.25, 0.3) is 5.91 Å². The number of guanidine groups is 1. The number of halogens is 1. The molecule has 0 saturated carbocycles. The molecule has 0 aliphatic carbocycles. The third kappa shape index (κ3) is 8.60. The van der Waals surface area contributed by atoms with Crippen LogP contribution in [0.4, 0.5) is 0 Å². The van der Waals surface area contributed by atoms with E-state index in [0.717, 1.165) is 23.8 Å². The fourth-order valence-corrected chi connectivity index (χ4v) is 2.44. The molecule has 0 aliphatic rings. The number of hydrogen-bond acceptors (Lipinski definition) is 3. The van der Waals surface area contributed by atoms with Crippen LogP contribution in [0.2, 0.25) is 0 Å². The van der Waals surface area contributed by atoms with Crippen molar-refractivity contribution in [1.82, 2.24) is 16.0 Å². The summed E-state index contributed by atoms with van der Waals surface area (Å²) in [6.45, 7) is 6.98. The zero-order valence-electron chi connectivity index (χ0n) is 16.4. The molecule has 0 radical (unpaired) electrons. The number of nitrogens with zero attached hydrogens (tertiary/aromatic N) is 1. The number of nitrogens with one attached hydrogen (secondary N) is 3. The molecular weight excluding hydrogens is 467 g/mol. The first-order valence-corrected chi connectivity index (χ1v) is 9.30. The van der Waals surface area contributed by atoms with E-state index in [1.807, 2.05) is 68.4 Å². The van der Waals surface area contributed by atoms with E-state index in [1.165, 1.54) is 0 Å². The summed E-state index contributed by atoms with van der Waals surface area (Å²) in [5.74, 6) is 1.51. The molecule has 6 nitrogen and oxygen atoms in total. The first kappa shape index (κ1) is 23.7. The molecule has 152 valence electrons. The summed E-state index contributed by atoms with van der Waals surface area (Å²) >= 11 is 0. The van der Waals surface area contributed by atoms with Crippen LogP contribution in [-0.4, -0.2) is 38.1 Å². The molecule has 0 atom stereocenters. The molecule has 28 heavy (non-hydrogen) atoms. The number of para-hydroxylation sites is 1. The lowest BCUT2D eigenvalue weighted by molar-refractivity contribution is 0.0955. The number of carbonyl (C=O) groups is 1. The van der Waals surface area contributed by atoms with E-state index in [0.29, 0.717) is 31.8 Å². The Hall–Kier alpha value is -2.29. The molecule has 0 aliphatic heterocycles. The minimum absolute atomic E-state index is 0. The molecule has 2 aromatic rings. The molecule has 2 aromatic carbocycles. The molecule has 7 heteroatoms. The van der Waals surface area contributed by atoms with E-state index in [-0.39, 0.29) is 29.9 Å². The van der Waals surface area contributed by atoms with Gasteiger partial charge < -0.3 is 20.7 Å². The lowest BCUT2D eigenvalue weighted by Gasteiger charge is -2.12. The Morgan fingerprint density at radius 2 is 1.71 bits per heavy atom. The van der Waals surface area contributed by atoms with E-state index in [1.54, 1.807) is 0 Å². The zero-order chi connectivity index (χ0) is 19.3. The van der Waals surface area contributed by atoms with Crippen LogP contribution in [0.3, 0.4) is 0 Å². The van der Waals surface area contributed by atoms with E-state index < -0.39 is 0 Å². The summed E-state index contributed by atoms with van der Waals surface area (Å²) in [7, 11) is 0. The average Bonchev–Trinajstić information content (AvgIpc) is 2.70. The molecule has 1 amide bonds. The highest BCUT2D eigenvalue weighted by molar-refractivity contribution is 14.0. The molecule has 0 fully saturated rings. The second kappa shape index (κ2) is 13.8. The maximum atomic E-state index is 11.9. The van der Waals surface area contributed by atoms with Crippen molar-refractivity contribution in [3.8, 4) is 5.75 Å². The molecule has 0 heterocycles. The largest absolute Gasteiger partial charge is 0.492 e. The number of amides is 1. The van der Waals surface area contributed by atoms with Gasteiger partial charge in [-0.3, -0.25) is 4.79 Å². The molecule has 0 unspecified atom stereocenters. The maximum Gasteiger partial charge on any atom is 0.251 e. The van der Waals surface area contributed by atoms with Crippen LogP contribution in [0, 0.1) is 0 Å². The molecule has 3 N–H and O–H groups in total. The monoisotopic (exact) mass is 496 g/mol. The highest BCUT2D eigenvalue weighted by Gasteiger charge is 2.05. The normalized spacial score (nSPS) is 10.6. The van der Waals surface area contributed by atoms with Crippen molar-refractivity contribution >= 4 is 35.8 Å². The predicted octanol–water partition coefficient (Wildman–Crippen LogP) is 3.19.